The SMILES string of the molecule is CNC(C)Cc1ccc(O)cc1O. The molecule has 72 valence electrons. The number of phenols is 2. The van der Waals surface area contributed by atoms with E-state index in [1.807, 2.05) is 14.0 Å². The molecule has 0 bridgehead atoms. The summed E-state index contributed by atoms with van der Waals surface area (Å²) in [6.07, 6.45) is 0.753. The zero-order valence-electron chi connectivity index (χ0n) is 7.91. The zero-order valence-corrected chi connectivity index (χ0v) is 7.91. The Balaban J connectivity index is 2.77. The van der Waals surface area contributed by atoms with E-state index in [1.165, 1.54) is 6.07 Å². The van der Waals surface area contributed by atoms with E-state index in [0.29, 0.717) is 6.04 Å². The van der Waals surface area contributed by atoms with Crippen LogP contribution in [0, 0.1) is 0 Å². The van der Waals surface area contributed by atoms with Crippen LogP contribution in [-0.2, 0) is 6.42 Å². The summed E-state index contributed by atoms with van der Waals surface area (Å²) in [6.45, 7) is 2.03. The number of nitrogens with one attached hydrogen (secondary N) is 1. The topological polar surface area (TPSA) is 52.5 Å². The fourth-order valence-electron chi connectivity index (χ4n) is 1.16. The minimum absolute atomic E-state index is 0.0957. The van der Waals surface area contributed by atoms with Gasteiger partial charge in [-0.1, -0.05) is 6.07 Å². The van der Waals surface area contributed by atoms with Crippen LogP contribution < -0.4 is 5.32 Å². The fraction of sp³-hybridized carbons (Fsp3) is 0.400. The molecule has 0 aromatic heterocycles. The van der Waals surface area contributed by atoms with Crippen molar-refractivity contribution in [2.24, 2.45) is 0 Å². The molecule has 0 aliphatic rings. The van der Waals surface area contributed by atoms with Crippen LogP contribution in [0.4, 0.5) is 0 Å². The highest BCUT2D eigenvalue weighted by Gasteiger charge is 2.05. The summed E-state index contributed by atoms with van der Waals surface area (Å²) < 4.78 is 0. The smallest absolute Gasteiger partial charge is 0.122 e. The first-order valence-corrected chi connectivity index (χ1v) is 4.31. The third-order valence-electron chi connectivity index (χ3n) is 2.09. The lowest BCUT2D eigenvalue weighted by atomic mass is 10.1. The van der Waals surface area contributed by atoms with Crippen LogP contribution in [-0.4, -0.2) is 23.3 Å². The monoisotopic (exact) mass is 181 g/mol. The Morgan fingerprint density at radius 3 is 2.62 bits per heavy atom. The molecule has 0 amide bonds. The van der Waals surface area contributed by atoms with E-state index >= 15 is 0 Å². The molecule has 0 saturated heterocycles. The van der Waals surface area contributed by atoms with Crippen LogP contribution in [0.5, 0.6) is 11.5 Å². The van der Waals surface area contributed by atoms with Crippen molar-refractivity contribution in [3.05, 3.63) is 23.8 Å². The van der Waals surface area contributed by atoms with Gasteiger partial charge in [-0.15, -0.1) is 0 Å². The van der Waals surface area contributed by atoms with Crippen molar-refractivity contribution < 1.29 is 10.2 Å². The van der Waals surface area contributed by atoms with E-state index in [9.17, 15) is 5.11 Å². The van der Waals surface area contributed by atoms with Crippen LogP contribution in [0.3, 0.4) is 0 Å². The van der Waals surface area contributed by atoms with Crippen LogP contribution in [0.15, 0.2) is 18.2 Å². The summed E-state index contributed by atoms with van der Waals surface area (Å²) in [6, 6.07) is 4.99. The minimum Gasteiger partial charge on any atom is -0.508 e. The number of aromatic hydroxyl groups is 2. The minimum atomic E-state index is 0.0957. The average Bonchev–Trinajstić information content (AvgIpc) is 2.09. The van der Waals surface area contributed by atoms with E-state index < -0.39 is 0 Å². The molecule has 1 rings (SSSR count). The number of hydrogen-bond donors (Lipinski definition) is 3. The summed E-state index contributed by atoms with van der Waals surface area (Å²) >= 11 is 0. The normalized spacial score (nSPS) is 12.8. The highest BCUT2D eigenvalue weighted by atomic mass is 16.3. The molecule has 0 aliphatic heterocycles. The van der Waals surface area contributed by atoms with Gasteiger partial charge in [-0.3, -0.25) is 0 Å². The van der Waals surface area contributed by atoms with Crippen LogP contribution in [0.1, 0.15) is 12.5 Å². The van der Waals surface area contributed by atoms with Gasteiger partial charge in [0, 0.05) is 12.1 Å². The molecule has 13 heavy (non-hydrogen) atoms. The van der Waals surface area contributed by atoms with Gasteiger partial charge in [0.1, 0.15) is 11.5 Å². The van der Waals surface area contributed by atoms with Crippen molar-refractivity contribution in [1.82, 2.24) is 5.32 Å². The predicted octanol–water partition coefficient (Wildman–Crippen LogP) is 1.25. The van der Waals surface area contributed by atoms with E-state index in [1.54, 1.807) is 12.1 Å². The Kier molecular flexibility index (Phi) is 3.14. The number of rotatable bonds is 3. The number of likely N-dealkylation sites (N-methyl/N-ethyl adjacent to an activating group) is 1. The van der Waals surface area contributed by atoms with E-state index in [-0.39, 0.29) is 11.5 Å². The van der Waals surface area contributed by atoms with E-state index in [0.717, 1.165) is 12.0 Å². The summed E-state index contributed by atoms with van der Waals surface area (Å²) in [5.74, 6) is 0.250. The van der Waals surface area contributed by atoms with Gasteiger partial charge < -0.3 is 15.5 Å². The molecule has 0 spiro atoms. The van der Waals surface area contributed by atoms with Crippen molar-refractivity contribution in [3.8, 4) is 11.5 Å². The Hall–Kier alpha value is -1.22. The molecule has 1 aromatic rings. The Bertz CT molecular complexity index is 286. The lowest BCUT2D eigenvalue weighted by molar-refractivity contribution is 0.442. The van der Waals surface area contributed by atoms with Gasteiger partial charge in [-0.05, 0) is 32.0 Å². The summed E-state index contributed by atoms with van der Waals surface area (Å²) in [7, 11) is 1.88. The van der Waals surface area contributed by atoms with Crippen LogP contribution >= 0.6 is 0 Å². The van der Waals surface area contributed by atoms with Crippen LogP contribution in [0.25, 0.3) is 0 Å². The molecular weight excluding hydrogens is 166 g/mol. The predicted molar refractivity (Wildman–Crippen MR) is 52.0 cm³/mol. The largest absolute Gasteiger partial charge is 0.508 e. The second kappa shape index (κ2) is 4.14. The molecule has 0 aliphatic carbocycles. The van der Waals surface area contributed by atoms with Crippen molar-refractivity contribution in [3.63, 3.8) is 0 Å². The maximum absolute atomic E-state index is 9.45. The third-order valence-corrected chi connectivity index (χ3v) is 2.09. The quantitative estimate of drug-likeness (QED) is 0.657. The van der Waals surface area contributed by atoms with Crippen LogP contribution in [0.2, 0.25) is 0 Å². The average molecular weight is 181 g/mol. The number of phenolic OH excluding ortho intramolecular Hbond substituents is 2. The molecule has 0 radical (unpaired) electrons. The van der Waals surface area contributed by atoms with Crippen molar-refractivity contribution in [2.45, 2.75) is 19.4 Å². The van der Waals surface area contributed by atoms with Gasteiger partial charge in [-0.25, -0.2) is 0 Å². The summed E-state index contributed by atoms with van der Waals surface area (Å²) in [5, 5.41) is 21.6. The molecule has 3 nitrogen and oxygen atoms in total. The highest BCUT2D eigenvalue weighted by molar-refractivity contribution is 5.39. The molecule has 0 fully saturated rings. The number of benzene rings is 1. The molecule has 0 heterocycles. The molecule has 3 N–H and O–H groups in total. The molecule has 1 unspecified atom stereocenters. The fourth-order valence-corrected chi connectivity index (χ4v) is 1.16. The first kappa shape index (κ1) is 9.86. The van der Waals surface area contributed by atoms with Gasteiger partial charge in [0.15, 0.2) is 0 Å². The third kappa shape index (κ3) is 2.63. The second-order valence-electron chi connectivity index (χ2n) is 3.21. The molecule has 1 aromatic carbocycles. The maximum Gasteiger partial charge on any atom is 0.122 e. The first-order chi connectivity index (χ1) is 6.13. The van der Waals surface area contributed by atoms with Gasteiger partial charge in [-0.2, -0.15) is 0 Å². The lowest BCUT2D eigenvalue weighted by Gasteiger charge is -2.11. The Morgan fingerprint density at radius 1 is 1.38 bits per heavy atom. The van der Waals surface area contributed by atoms with Crippen molar-refractivity contribution >= 4 is 0 Å². The van der Waals surface area contributed by atoms with Gasteiger partial charge in [0.05, 0.1) is 0 Å². The zero-order chi connectivity index (χ0) is 9.84. The summed E-state index contributed by atoms with van der Waals surface area (Å²) in [5.41, 5.74) is 0.847. The molecular formula is C10H15NO2. The lowest BCUT2D eigenvalue weighted by Crippen LogP contribution is -2.23. The van der Waals surface area contributed by atoms with Gasteiger partial charge in [0.25, 0.3) is 0 Å². The Morgan fingerprint density at radius 2 is 2.08 bits per heavy atom. The molecule has 3 heteroatoms. The van der Waals surface area contributed by atoms with E-state index in [2.05, 4.69) is 5.32 Å². The summed E-state index contributed by atoms with van der Waals surface area (Å²) in [4.78, 5) is 0. The Labute approximate surface area is 78.0 Å². The van der Waals surface area contributed by atoms with E-state index in [4.69, 9.17) is 5.11 Å². The standard InChI is InChI=1S/C10H15NO2/c1-7(11-2)5-8-3-4-9(12)6-10(8)13/h3-4,6-7,11-13H,5H2,1-2H3. The number of hydrogen-bond acceptors (Lipinski definition) is 3. The van der Waals surface area contributed by atoms with Gasteiger partial charge in [0.2, 0.25) is 0 Å². The van der Waals surface area contributed by atoms with Crippen molar-refractivity contribution in [2.75, 3.05) is 7.05 Å². The maximum atomic E-state index is 9.45. The molecule has 1 atom stereocenters. The second-order valence-corrected chi connectivity index (χ2v) is 3.21. The van der Waals surface area contributed by atoms with Gasteiger partial charge >= 0.3 is 0 Å². The van der Waals surface area contributed by atoms with Crippen molar-refractivity contribution in [1.29, 1.82) is 0 Å². The molecule has 0 saturated carbocycles. The highest BCUT2D eigenvalue weighted by Crippen LogP contribution is 2.23. The first-order valence-electron chi connectivity index (χ1n) is 4.31.